The molecule has 0 aliphatic carbocycles. The molecule has 0 aliphatic rings. The molecule has 24 heavy (non-hydrogen) atoms. The highest BCUT2D eigenvalue weighted by atomic mass is 16.5. The van der Waals surface area contributed by atoms with Gasteiger partial charge in [-0.05, 0) is 38.5 Å². The van der Waals surface area contributed by atoms with Crippen molar-refractivity contribution in [3.63, 3.8) is 0 Å². The van der Waals surface area contributed by atoms with Crippen molar-refractivity contribution in [3.8, 4) is 0 Å². The van der Waals surface area contributed by atoms with Crippen molar-refractivity contribution in [2.24, 2.45) is 7.05 Å². The smallest absolute Gasteiger partial charge is 0.355 e. The van der Waals surface area contributed by atoms with Crippen molar-refractivity contribution < 1.29 is 23.9 Å². The third-order valence-electron chi connectivity index (χ3n) is 3.88. The van der Waals surface area contributed by atoms with Gasteiger partial charge in [0.2, 0.25) is 5.78 Å². The van der Waals surface area contributed by atoms with Crippen LogP contribution >= 0.6 is 0 Å². The summed E-state index contributed by atoms with van der Waals surface area (Å²) in [5, 5.41) is 0. The lowest BCUT2D eigenvalue weighted by atomic mass is 10.1. The molecule has 0 unspecified atom stereocenters. The van der Waals surface area contributed by atoms with Gasteiger partial charge in [-0.3, -0.25) is 4.79 Å². The number of nitrogens with one attached hydrogen (secondary N) is 1. The molecule has 7 nitrogen and oxygen atoms in total. The summed E-state index contributed by atoms with van der Waals surface area (Å²) < 4.78 is 11.6. The second kappa shape index (κ2) is 6.74. The first-order valence-electron chi connectivity index (χ1n) is 7.41. The summed E-state index contributed by atoms with van der Waals surface area (Å²) in [6.45, 7) is 4.82. The summed E-state index contributed by atoms with van der Waals surface area (Å²) in [5.74, 6) is -1.51. The Morgan fingerprint density at radius 1 is 1.21 bits per heavy atom. The first-order chi connectivity index (χ1) is 11.3. The van der Waals surface area contributed by atoms with Crippen molar-refractivity contribution in [3.05, 3.63) is 46.5 Å². The molecule has 0 saturated heterocycles. The van der Waals surface area contributed by atoms with E-state index in [0.717, 1.165) is 0 Å². The summed E-state index contributed by atoms with van der Waals surface area (Å²) in [6.07, 6.45) is 0.721. The fourth-order valence-electron chi connectivity index (χ4n) is 2.56. The lowest BCUT2D eigenvalue weighted by Gasteiger charge is -2.12. The number of carbonyl (C=O) groups excluding carboxylic acids is 3. The van der Waals surface area contributed by atoms with Crippen LogP contribution in [0.25, 0.3) is 0 Å². The van der Waals surface area contributed by atoms with E-state index in [0.29, 0.717) is 22.5 Å². The van der Waals surface area contributed by atoms with E-state index in [1.807, 2.05) is 0 Å². The number of aromatic nitrogens is 2. The van der Waals surface area contributed by atoms with Gasteiger partial charge < -0.3 is 19.0 Å². The van der Waals surface area contributed by atoms with Crippen LogP contribution < -0.4 is 0 Å². The Kier molecular flexibility index (Phi) is 4.92. The Labute approximate surface area is 139 Å². The monoisotopic (exact) mass is 332 g/mol. The first kappa shape index (κ1) is 17.5. The Morgan fingerprint density at radius 3 is 2.42 bits per heavy atom. The third kappa shape index (κ3) is 3.10. The number of aromatic amines is 1. The molecule has 2 rings (SSSR count). The summed E-state index contributed by atoms with van der Waals surface area (Å²) in [5.41, 5.74) is 1.92. The third-order valence-corrected chi connectivity index (χ3v) is 3.88. The maximum absolute atomic E-state index is 12.6. The highest BCUT2D eigenvalue weighted by molar-refractivity contribution is 6.04. The van der Waals surface area contributed by atoms with Crippen LogP contribution in [0.1, 0.15) is 49.5 Å². The van der Waals surface area contributed by atoms with E-state index >= 15 is 0 Å². The quantitative estimate of drug-likeness (QED) is 0.669. The molecule has 2 aromatic heterocycles. The van der Waals surface area contributed by atoms with Crippen molar-refractivity contribution >= 4 is 17.7 Å². The maximum Gasteiger partial charge on any atom is 0.355 e. The molecule has 0 saturated carbocycles. The van der Waals surface area contributed by atoms with Crippen LogP contribution in [-0.4, -0.2) is 40.5 Å². The number of esters is 2. The van der Waals surface area contributed by atoms with Crippen LogP contribution in [0.3, 0.4) is 0 Å². The number of hydrogen-bond acceptors (Lipinski definition) is 5. The minimum Gasteiger partial charge on any atom is -0.465 e. The van der Waals surface area contributed by atoms with E-state index < -0.39 is 23.8 Å². The van der Waals surface area contributed by atoms with E-state index in [9.17, 15) is 14.4 Å². The average molecular weight is 332 g/mol. The standard InChI is InChI=1S/C17H20N2O5/c1-9-13(17(22)23-5)10(2)18-14(9)15(20)11(3)24-16(21)12-7-6-8-19(12)4/h6-8,11,18H,1-5H3/t11-/m1/s1. The molecule has 2 heterocycles. The number of rotatable bonds is 5. The minimum absolute atomic E-state index is 0.236. The minimum atomic E-state index is -0.991. The van der Waals surface area contributed by atoms with Gasteiger partial charge in [0.1, 0.15) is 5.69 Å². The zero-order valence-corrected chi connectivity index (χ0v) is 14.3. The Balaban J connectivity index is 2.21. The summed E-state index contributed by atoms with van der Waals surface area (Å²) in [6, 6.07) is 3.32. The van der Waals surface area contributed by atoms with Crippen LogP contribution in [0.2, 0.25) is 0 Å². The van der Waals surface area contributed by atoms with Crippen molar-refractivity contribution in [1.29, 1.82) is 0 Å². The second-order valence-electron chi connectivity index (χ2n) is 5.53. The van der Waals surface area contributed by atoms with Gasteiger partial charge in [-0.1, -0.05) is 0 Å². The van der Waals surface area contributed by atoms with Crippen molar-refractivity contribution in [2.75, 3.05) is 7.11 Å². The fraction of sp³-hybridized carbons (Fsp3) is 0.353. The molecule has 0 amide bonds. The summed E-state index contributed by atoms with van der Waals surface area (Å²) >= 11 is 0. The number of methoxy groups -OCH3 is 1. The highest BCUT2D eigenvalue weighted by Gasteiger charge is 2.27. The van der Waals surface area contributed by atoms with Gasteiger partial charge in [0, 0.05) is 18.9 Å². The van der Waals surface area contributed by atoms with E-state index in [2.05, 4.69) is 4.98 Å². The number of carbonyl (C=O) groups is 3. The van der Waals surface area contributed by atoms with E-state index in [4.69, 9.17) is 9.47 Å². The molecule has 0 aromatic carbocycles. The molecule has 0 aliphatic heterocycles. The normalized spacial score (nSPS) is 11.9. The highest BCUT2D eigenvalue weighted by Crippen LogP contribution is 2.21. The molecule has 0 radical (unpaired) electrons. The number of Topliss-reactive ketones (excluding diaryl/α,β-unsaturated/α-hetero) is 1. The predicted octanol–water partition coefficient (Wildman–Crippen LogP) is 2.18. The van der Waals surface area contributed by atoms with Gasteiger partial charge in [-0.2, -0.15) is 0 Å². The van der Waals surface area contributed by atoms with E-state index in [1.165, 1.54) is 14.0 Å². The zero-order chi connectivity index (χ0) is 18.0. The van der Waals surface area contributed by atoms with Gasteiger partial charge in [0.05, 0.1) is 18.4 Å². The van der Waals surface area contributed by atoms with E-state index in [-0.39, 0.29) is 5.69 Å². The van der Waals surface area contributed by atoms with Gasteiger partial charge in [-0.25, -0.2) is 9.59 Å². The average Bonchev–Trinajstić information content (AvgIpc) is 3.09. The number of nitrogens with zero attached hydrogens (tertiary/aromatic N) is 1. The molecule has 2 aromatic rings. The van der Waals surface area contributed by atoms with Crippen LogP contribution in [-0.2, 0) is 16.5 Å². The van der Waals surface area contributed by atoms with Crippen LogP contribution in [0, 0.1) is 13.8 Å². The maximum atomic E-state index is 12.6. The Morgan fingerprint density at radius 2 is 1.88 bits per heavy atom. The molecule has 0 bridgehead atoms. The molecule has 1 N–H and O–H groups in total. The van der Waals surface area contributed by atoms with Gasteiger partial charge in [-0.15, -0.1) is 0 Å². The number of ether oxygens (including phenoxy) is 2. The summed E-state index contributed by atoms with van der Waals surface area (Å²) in [7, 11) is 2.99. The number of ketones is 1. The van der Waals surface area contributed by atoms with Crippen LogP contribution in [0.5, 0.6) is 0 Å². The van der Waals surface area contributed by atoms with Gasteiger partial charge >= 0.3 is 11.9 Å². The first-order valence-corrected chi connectivity index (χ1v) is 7.41. The lowest BCUT2D eigenvalue weighted by Crippen LogP contribution is -2.26. The molecular weight excluding hydrogens is 312 g/mol. The SMILES string of the molecule is COC(=O)c1c(C)[nH]c(C(=O)[C@@H](C)OC(=O)c2cccn2C)c1C. The molecular formula is C17H20N2O5. The van der Waals surface area contributed by atoms with Crippen molar-refractivity contribution in [1.82, 2.24) is 9.55 Å². The van der Waals surface area contributed by atoms with Crippen molar-refractivity contribution in [2.45, 2.75) is 26.9 Å². The predicted molar refractivity (Wildman–Crippen MR) is 86.2 cm³/mol. The molecule has 1 atom stereocenters. The number of hydrogen-bond donors (Lipinski definition) is 1. The topological polar surface area (TPSA) is 90.4 Å². The Bertz CT molecular complexity index is 800. The fourth-order valence-corrected chi connectivity index (χ4v) is 2.56. The largest absolute Gasteiger partial charge is 0.465 e. The summed E-state index contributed by atoms with van der Waals surface area (Å²) in [4.78, 5) is 39.3. The lowest BCUT2D eigenvalue weighted by molar-refractivity contribution is 0.0307. The molecule has 128 valence electrons. The molecule has 0 fully saturated rings. The van der Waals surface area contributed by atoms with Crippen LogP contribution in [0.4, 0.5) is 0 Å². The number of aryl methyl sites for hydroxylation is 2. The second-order valence-corrected chi connectivity index (χ2v) is 5.53. The molecule has 0 spiro atoms. The van der Waals surface area contributed by atoms with Crippen LogP contribution in [0.15, 0.2) is 18.3 Å². The molecule has 7 heteroatoms. The van der Waals surface area contributed by atoms with Gasteiger partial charge in [0.15, 0.2) is 6.10 Å². The number of H-pyrrole nitrogens is 1. The Hall–Kier alpha value is -2.83. The zero-order valence-electron chi connectivity index (χ0n) is 14.3. The van der Waals surface area contributed by atoms with Gasteiger partial charge in [0.25, 0.3) is 0 Å². The van der Waals surface area contributed by atoms with E-state index in [1.54, 1.807) is 43.8 Å².